The van der Waals surface area contributed by atoms with Gasteiger partial charge in [-0.3, -0.25) is 0 Å². The summed E-state index contributed by atoms with van der Waals surface area (Å²) in [4.78, 5) is 10.8. The smallest absolute Gasteiger partial charge is 0.404 e. The molecule has 0 bridgehead atoms. The molecule has 16 heavy (non-hydrogen) atoms. The molecule has 0 radical (unpaired) electrons. The van der Waals surface area contributed by atoms with Crippen LogP contribution >= 0.6 is 0 Å². The summed E-state index contributed by atoms with van der Waals surface area (Å²) in [6.07, 6.45) is 2.37. The monoisotopic (exact) mass is 228 g/mol. The quantitative estimate of drug-likeness (QED) is 0.693. The first-order valence-electron chi connectivity index (χ1n) is 6.10. The first-order valence-corrected chi connectivity index (χ1v) is 6.10. The summed E-state index contributed by atoms with van der Waals surface area (Å²) >= 11 is 0. The van der Waals surface area contributed by atoms with E-state index in [1.54, 1.807) is 0 Å². The van der Waals surface area contributed by atoms with Crippen LogP contribution in [0.15, 0.2) is 0 Å². The van der Waals surface area contributed by atoms with Gasteiger partial charge in [0.1, 0.15) is 0 Å². The second kappa shape index (κ2) is 5.53. The molecule has 0 aromatic heterocycles. The number of hydrogen-bond donors (Lipinski definition) is 3. The zero-order chi connectivity index (χ0) is 12.2. The minimum absolute atomic E-state index is 0.0106. The van der Waals surface area contributed by atoms with Gasteiger partial charge in [-0.15, -0.1) is 0 Å². The number of carbonyl (C=O) groups is 1. The van der Waals surface area contributed by atoms with Crippen molar-refractivity contribution in [1.82, 2.24) is 10.6 Å². The maximum Gasteiger partial charge on any atom is 0.404 e. The molecule has 0 aromatic carbocycles. The third kappa shape index (κ3) is 4.39. The van der Waals surface area contributed by atoms with Crippen LogP contribution in [0, 0.1) is 11.3 Å². The van der Waals surface area contributed by atoms with Gasteiger partial charge in [-0.25, -0.2) is 4.79 Å². The Morgan fingerprint density at radius 3 is 2.44 bits per heavy atom. The van der Waals surface area contributed by atoms with E-state index in [1.807, 2.05) is 0 Å². The molecule has 0 aliphatic carbocycles. The van der Waals surface area contributed by atoms with Gasteiger partial charge in [0.2, 0.25) is 0 Å². The molecule has 1 fully saturated rings. The Morgan fingerprint density at radius 1 is 1.44 bits per heavy atom. The maximum absolute atomic E-state index is 10.8. The van der Waals surface area contributed by atoms with Crippen LogP contribution in [-0.2, 0) is 0 Å². The lowest BCUT2D eigenvalue weighted by Gasteiger charge is -2.34. The van der Waals surface area contributed by atoms with Crippen LogP contribution in [0.3, 0.4) is 0 Å². The van der Waals surface area contributed by atoms with E-state index in [0.29, 0.717) is 5.92 Å². The van der Waals surface area contributed by atoms with Crippen molar-refractivity contribution in [3.05, 3.63) is 0 Å². The average molecular weight is 228 g/mol. The molecule has 4 heteroatoms. The molecule has 0 aromatic rings. The fourth-order valence-electron chi connectivity index (χ4n) is 2.23. The number of hydrogen-bond acceptors (Lipinski definition) is 2. The molecule has 0 spiro atoms. The van der Waals surface area contributed by atoms with E-state index in [9.17, 15) is 4.79 Å². The number of amides is 1. The number of rotatable bonds is 3. The summed E-state index contributed by atoms with van der Waals surface area (Å²) < 4.78 is 0. The van der Waals surface area contributed by atoms with Gasteiger partial charge in [0.05, 0.1) is 0 Å². The molecule has 1 unspecified atom stereocenters. The molecule has 1 rings (SSSR count). The molecule has 3 N–H and O–H groups in total. The molecule has 1 amide bonds. The molecular formula is C12H24N2O2. The predicted molar refractivity (Wildman–Crippen MR) is 64.6 cm³/mol. The summed E-state index contributed by atoms with van der Waals surface area (Å²) in [5.74, 6) is 0.650. The number of nitrogens with one attached hydrogen (secondary N) is 2. The van der Waals surface area contributed by atoms with Crippen molar-refractivity contribution in [1.29, 1.82) is 0 Å². The third-order valence-corrected chi connectivity index (χ3v) is 3.37. The van der Waals surface area contributed by atoms with Gasteiger partial charge in [0, 0.05) is 6.04 Å². The number of carboxylic acid groups (broad SMARTS) is 1. The topological polar surface area (TPSA) is 61.4 Å². The highest BCUT2D eigenvalue weighted by molar-refractivity contribution is 5.64. The van der Waals surface area contributed by atoms with Crippen molar-refractivity contribution in [3.63, 3.8) is 0 Å². The van der Waals surface area contributed by atoms with Gasteiger partial charge in [0.15, 0.2) is 0 Å². The van der Waals surface area contributed by atoms with Crippen LogP contribution in [0.25, 0.3) is 0 Å². The van der Waals surface area contributed by atoms with Crippen molar-refractivity contribution in [2.75, 3.05) is 13.1 Å². The minimum Gasteiger partial charge on any atom is -0.465 e. The van der Waals surface area contributed by atoms with E-state index in [4.69, 9.17) is 5.11 Å². The highest BCUT2D eigenvalue weighted by Crippen LogP contribution is 2.28. The lowest BCUT2D eigenvalue weighted by Crippen LogP contribution is -2.45. The Kier molecular flexibility index (Phi) is 4.59. The Morgan fingerprint density at radius 2 is 2.00 bits per heavy atom. The first kappa shape index (κ1) is 13.3. The summed E-state index contributed by atoms with van der Waals surface area (Å²) in [5, 5.41) is 14.8. The van der Waals surface area contributed by atoms with Crippen molar-refractivity contribution >= 4 is 6.09 Å². The SMILES string of the molecule is CC(C)(C)C(CC1CCNCC1)NC(=O)O. The highest BCUT2D eigenvalue weighted by atomic mass is 16.4. The number of piperidine rings is 1. The second-order valence-corrected chi connectivity index (χ2v) is 5.80. The van der Waals surface area contributed by atoms with E-state index in [1.165, 1.54) is 0 Å². The molecule has 1 aliphatic rings. The summed E-state index contributed by atoms with van der Waals surface area (Å²) in [6, 6.07) is 0.0492. The van der Waals surface area contributed by atoms with Crippen LogP contribution in [0.4, 0.5) is 4.79 Å². The van der Waals surface area contributed by atoms with Crippen LogP contribution in [0.1, 0.15) is 40.0 Å². The Hall–Kier alpha value is -0.770. The van der Waals surface area contributed by atoms with Crippen LogP contribution in [-0.4, -0.2) is 30.3 Å². The third-order valence-electron chi connectivity index (χ3n) is 3.37. The van der Waals surface area contributed by atoms with Crippen LogP contribution < -0.4 is 10.6 Å². The van der Waals surface area contributed by atoms with Gasteiger partial charge in [-0.05, 0) is 43.7 Å². The standard InChI is InChI=1S/C12H24N2O2/c1-12(2,3)10(14-11(15)16)8-9-4-6-13-7-5-9/h9-10,13-14H,4-8H2,1-3H3,(H,15,16). The highest BCUT2D eigenvalue weighted by Gasteiger charge is 2.29. The second-order valence-electron chi connectivity index (χ2n) is 5.80. The zero-order valence-electron chi connectivity index (χ0n) is 10.5. The largest absolute Gasteiger partial charge is 0.465 e. The van der Waals surface area contributed by atoms with E-state index in [-0.39, 0.29) is 11.5 Å². The van der Waals surface area contributed by atoms with E-state index >= 15 is 0 Å². The average Bonchev–Trinajstić information content (AvgIpc) is 2.16. The fraction of sp³-hybridized carbons (Fsp3) is 0.917. The fourth-order valence-corrected chi connectivity index (χ4v) is 2.23. The normalized spacial score (nSPS) is 20.4. The van der Waals surface area contributed by atoms with Crippen molar-refractivity contribution in [2.45, 2.75) is 46.1 Å². The molecule has 4 nitrogen and oxygen atoms in total. The lowest BCUT2D eigenvalue weighted by molar-refractivity contribution is 0.161. The van der Waals surface area contributed by atoms with Gasteiger partial charge >= 0.3 is 6.09 Å². The van der Waals surface area contributed by atoms with Gasteiger partial charge in [-0.1, -0.05) is 20.8 Å². The lowest BCUT2D eigenvalue weighted by atomic mass is 9.79. The van der Waals surface area contributed by atoms with E-state index < -0.39 is 6.09 Å². The molecule has 1 atom stereocenters. The molecular weight excluding hydrogens is 204 g/mol. The Bertz CT molecular complexity index is 230. The van der Waals surface area contributed by atoms with Gasteiger partial charge < -0.3 is 15.7 Å². The Labute approximate surface area is 97.8 Å². The Balaban J connectivity index is 2.51. The first-order chi connectivity index (χ1) is 7.39. The van der Waals surface area contributed by atoms with E-state index in [2.05, 4.69) is 31.4 Å². The van der Waals surface area contributed by atoms with Gasteiger partial charge in [0.25, 0.3) is 0 Å². The van der Waals surface area contributed by atoms with E-state index in [0.717, 1.165) is 32.4 Å². The summed E-state index contributed by atoms with van der Waals surface area (Å²) in [5.41, 5.74) is -0.0106. The predicted octanol–water partition coefficient (Wildman–Crippen LogP) is 2.06. The van der Waals surface area contributed by atoms with Gasteiger partial charge in [-0.2, -0.15) is 0 Å². The molecule has 0 saturated carbocycles. The maximum atomic E-state index is 10.8. The van der Waals surface area contributed by atoms with Crippen molar-refractivity contribution in [3.8, 4) is 0 Å². The molecule has 1 aliphatic heterocycles. The van der Waals surface area contributed by atoms with Crippen molar-refractivity contribution < 1.29 is 9.90 Å². The minimum atomic E-state index is -0.908. The summed E-state index contributed by atoms with van der Waals surface area (Å²) in [6.45, 7) is 8.40. The zero-order valence-corrected chi connectivity index (χ0v) is 10.5. The van der Waals surface area contributed by atoms with Crippen molar-refractivity contribution in [2.24, 2.45) is 11.3 Å². The van der Waals surface area contributed by atoms with Crippen LogP contribution in [0.5, 0.6) is 0 Å². The molecule has 1 saturated heterocycles. The molecule has 1 heterocycles. The summed E-state index contributed by atoms with van der Waals surface area (Å²) in [7, 11) is 0. The molecule has 94 valence electrons. The van der Waals surface area contributed by atoms with Crippen LogP contribution in [0.2, 0.25) is 0 Å².